The van der Waals surface area contributed by atoms with Gasteiger partial charge in [-0.3, -0.25) is 4.90 Å². The van der Waals surface area contributed by atoms with Crippen LogP contribution in [0.3, 0.4) is 0 Å². The molecule has 0 bridgehead atoms. The third kappa shape index (κ3) is 3.16. The summed E-state index contributed by atoms with van der Waals surface area (Å²) in [6.45, 7) is 3.10. The molecule has 1 aliphatic rings. The molecule has 2 rings (SSSR count). The van der Waals surface area contributed by atoms with Crippen LogP contribution >= 0.6 is 11.6 Å². The van der Waals surface area contributed by atoms with Crippen molar-refractivity contribution < 1.29 is 4.74 Å². The number of nitrogens with one attached hydrogen (secondary N) is 1. The van der Waals surface area contributed by atoms with Crippen molar-refractivity contribution in [1.29, 1.82) is 0 Å². The van der Waals surface area contributed by atoms with Crippen LogP contribution in [0.25, 0.3) is 0 Å². The van der Waals surface area contributed by atoms with Crippen molar-refractivity contribution in [2.24, 2.45) is 0 Å². The third-order valence-electron chi connectivity index (χ3n) is 3.57. The van der Waals surface area contributed by atoms with Crippen LogP contribution < -0.4 is 10.1 Å². The summed E-state index contributed by atoms with van der Waals surface area (Å²) in [5.74, 6) is 0.874. The van der Waals surface area contributed by atoms with Crippen molar-refractivity contribution in [3.8, 4) is 5.75 Å². The fourth-order valence-corrected chi connectivity index (χ4v) is 2.77. The van der Waals surface area contributed by atoms with Crippen LogP contribution in [0.2, 0.25) is 5.02 Å². The number of likely N-dealkylation sites (N-methyl/N-ethyl adjacent to an activating group) is 1. The summed E-state index contributed by atoms with van der Waals surface area (Å²) in [5.41, 5.74) is 1.15. The van der Waals surface area contributed by atoms with E-state index in [1.807, 2.05) is 25.2 Å². The summed E-state index contributed by atoms with van der Waals surface area (Å²) >= 11 is 6.26. The lowest BCUT2D eigenvalue weighted by Crippen LogP contribution is -2.36. The zero-order valence-electron chi connectivity index (χ0n) is 11.1. The smallest absolute Gasteiger partial charge is 0.119 e. The Kier molecular flexibility index (Phi) is 4.87. The Morgan fingerprint density at radius 3 is 3.06 bits per heavy atom. The number of rotatable bonds is 5. The first-order valence-corrected chi connectivity index (χ1v) is 6.83. The summed E-state index contributed by atoms with van der Waals surface area (Å²) in [5, 5.41) is 4.09. The van der Waals surface area contributed by atoms with Crippen molar-refractivity contribution in [3.63, 3.8) is 0 Å². The van der Waals surface area contributed by atoms with E-state index in [4.69, 9.17) is 16.3 Å². The molecule has 1 fully saturated rings. The van der Waals surface area contributed by atoms with Gasteiger partial charge in [-0.25, -0.2) is 0 Å². The molecule has 1 aliphatic heterocycles. The van der Waals surface area contributed by atoms with Gasteiger partial charge >= 0.3 is 0 Å². The van der Waals surface area contributed by atoms with Crippen molar-refractivity contribution in [2.75, 3.05) is 27.2 Å². The first kappa shape index (κ1) is 13.7. The highest BCUT2D eigenvalue weighted by molar-refractivity contribution is 6.31. The molecule has 0 aliphatic carbocycles. The van der Waals surface area contributed by atoms with E-state index >= 15 is 0 Å². The van der Waals surface area contributed by atoms with Crippen LogP contribution in [0.5, 0.6) is 5.75 Å². The highest BCUT2D eigenvalue weighted by Crippen LogP contribution is 2.26. The topological polar surface area (TPSA) is 24.5 Å². The van der Waals surface area contributed by atoms with Crippen molar-refractivity contribution >= 4 is 11.6 Å². The second kappa shape index (κ2) is 6.41. The monoisotopic (exact) mass is 268 g/mol. The molecular weight excluding hydrogens is 248 g/mol. The number of nitrogens with zero attached hydrogens (tertiary/aromatic N) is 1. The molecule has 1 heterocycles. The maximum absolute atomic E-state index is 6.26. The summed E-state index contributed by atoms with van der Waals surface area (Å²) in [4.78, 5) is 2.50. The Hall–Kier alpha value is -0.770. The molecule has 0 radical (unpaired) electrons. The first-order valence-electron chi connectivity index (χ1n) is 6.45. The van der Waals surface area contributed by atoms with Gasteiger partial charge in [0.05, 0.1) is 7.11 Å². The van der Waals surface area contributed by atoms with Crippen molar-refractivity contribution in [1.82, 2.24) is 10.2 Å². The third-order valence-corrected chi connectivity index (χ3v) is 3.93. The van der Waals surface area contributed by atoms with Crippen molar-refractivity contribution in [3.05, 3.63) is 28.8 Å². The Labute approximate surface area is 114 Å². The largest absolute Gasteiger partial charge is 0.497 e. The highest BCUT2D eigenvalue weighted by atomic mass is 35.5. The van der Waals surface area contributed by atoms with Gasteiger partial charge in [-0.15, -0.1) is 0 Å². The fourth-order valence-electron chi connectivity index (χ4n) is 2.59. The van der Waals surface area contributed by atoms with E-state index < -0.39 is 0 Å². The zero-order chi connectivity index (χ0) is 13.0. The molecular formula is C14H21ClN2O. The second-order valence-corrected chi connectivity index (χ2v) is 5.19. The van der Waals surface area contributed by atoms with Crippen LogP contribution in [0.4, 0.5) is 0 Å². The van der Waals surface area contributed by atoms with Crippen molar-refractivity contribution in [2.45, 2.75) is 25.4 Å². The molecule has 1 aromatic rings. The van der Waals surface area contributed by atoms with Gasteiger partial charge in [0, 0.05) is 24.2 Å². The molecule has 1 atom stereocenters. The van der Waals surface area contributed by atoms with Gasteiger partial charge in [-0.1, -0.05) is 11.6 Å². The van der Waals surface area contributed by atoms with E-state index in [2.05, 4.69) is 10.2 Å². The van der Waals surface area contributed by atoms with E-state index in [-0.39, 0.29) is 0 Å². The van der Waals surface area contributed by atoms with E-state index in [1.165, 1.54) is 12.8 Å². The molecule has 1 unspecified atom stereocenters. The van der Waals surface area contributed by atoms with Gasteiger partial charge in [0.2, 0.25) is 0 Å². The molecule has 0 spiro atoms. The number of likely N-dealkylation sites (tertiary alicyclic amines) is 1. The van der Waals surface area contributed by atoms with E-state index in [0.29, 0.717) is 6.04 Å². The van der Waals surface area contributed by atoms with Gasteiger partial charge in [0.15, 0.2) is 0 Å². The lowest BCUT2D eigenvalue weighted by atomic mass is 10.1. The van der Waals surface area contributed by atoms with Crippen LogP contribution in [-0.4, -0.2) is 38.2 Å². The number of hydrogen-bond acceptors (Lipinski definition) is 3. The minimum atomic E-state index is 0.622. The first-order chi connectivity index (χ1) is 8.74. The average molecular weight is 269 g/mol. The van der Waals surface area contributed by atoms with Gasteiger partial charge in [0.1, 0.15) is 5.75 Å². The van der Waals surface area contributed by atoms with Gasteiger partial charge in [-0.05, 0) is 50.2 Å². The lowest BCUT2D eigenvalue weighted by molar-refractivity contribution is 0.242. The molecule has 1 saturated heterocycles. The molecule has 0 saturated carbocycles. The molecule has 3 nitrogen and oxygen atoms in total. The quantitative estimate of drug-likeness (QED) is 0.888. The maximum atomic E-state index is 6.26. The summed E-state index contributed by atoms with van der Waals surface area (Å²) in [7, 11) is 3.70. The minimum absolute atomic E-state index is 0.622. The second-order valence-electron chi connectivity index (χ2n) is 4.78. The fraction of sp³-hybridized carbons (Fsp3) is 0.571. The van der Waals surface area contributed by atoms with Crippen LogP contribution in [0, 0.1) is 0 Å². The summed E-state index contributed by atoms with van der Waals surface area (Å²) in [6, 6.07) is 6.48. The predicted octanol–water partition coefficient (Wildman–Crippen LogP) is 2.53. The maximum Gasteiger partial charge on any atom is 0.119 e. The van der Waals surface area contributed by atoms with Gasteiger partial charge < -0.3 is 10.1 Å². The molecule has 100 valence electrons. The zero-order valence-corrected chi connectivity index (χ0v) is 11.8. The van der Waals surface area contributed by atoms with Crippen LogP contribution in [0.15, 0.2) is 18.2 Å². The van der Waals surface area contributed by atoms with Crippen LogP contribution in [0.1, 0.15) is 18.4 Å². The molecule has 1 N–H and O–H groups in total. The number of hydrogen-bond donors (Lipinski definition) is 1. The van der Waals surface area contributed by atoms with E-state index in [1.54, 1.807) is 7.11 Å². The molecule has 0 aromatic heterocycles. The summed E-state index contributed by atoms with van der Waals surface area (Å²) in [6.07, 6.45) is 2.54. The predicted molar refractivity (Wildman–Crippen MR) is 75.4 cm³/mol. The molecule has 4 heteroatoms. The molecule has 1 aromatic carbocycles. The molecule has 0 amide bonds. The SMILES string of the molecule is CNCC1CCCN1Cc1cc(OC)ccc1Cl. The number of halogens is 1. The number of methoxy groups -OCH3 is 1. The van der Waals surface area contributed by atoms with Gasteiger partial charge in [0.25, 0.3) is 0 Å². The Morgan fingerprint density at radius 1 is 1.50 bits per heavy atom. The van der Waals surface area contributed by atoms with Gasteiger partial charge in [-0.2, -0.15) is 0 Å². The normalized spacial score (nSPS) is 20.3. The Balaban J connectivity index is 2.08. The average Bonchev–Trinajstić information content (AvgIpc) is 2.80. The highest BCUT2D eigenvalue weighted by Gasteiger charge is 2.24. The Bertz CT molecular complexity index is 397. The standard InChI is InChI=1S/C14H21ClN2O/c1-16-9-12-4-3-7-17(12)10-11-8-13(18-2)5-6-14(11)15/h5-6,8,12,16H,3-4,7,9-10H2,1-2H3. The number of benzene rings is 1. The lowest BCUT2D eigenvalue weighted by Gasteiger charge is -2.24. The number of ether oxygens (including phenoxy) is 1. The molecule has 18 heavy (non-hydrogen) atoms. The van der Waals surface area contributed by atoms with E-state index in [0.717, 1.165) is 36.0 Å². The van der Waals surface area contributed by atoms with E-state index in [9.17, 15) is 0 Å². The minimum Gasteiger partial charge on any atom is -0.497 e. The summed E-state index contributed by atoms with van der Waals surface area (Å²) < 4.78 is 5.26. The Morgan fingerprint density at radius 2 is 2.33 bits per heavy atom. The van der Waals surface area contributed by atoms with Crippen LogP contribution in [-0.2, 0) is 6.54 Å².